The van der Waals surface area contributed by atoms with Gasteiger partial charge in [0.2, 0.25) is 0 Å². The van der Waals surface area contributed by atoms with Gasteiger partial charge < -0.3 is 0 Å². The molecule has 0 nitrogen and oxygen atoms in total. The maximum absolute atomic E-state index is 2.30. The number of benzene rings is 1. The van der Waals surface area contributed by atoms with Gasteiger partial charge in [0, 0.05) is 0 Å². The normalized spacial score (nSPS) is 11.4. The molecule has 0 N–H and O–H groups in total. The predicted octanol–water partition coefficient (Wildman–Crippen LogP) is 6.06. The summed E-state index contributed by atoms with van der Waals surface area (Å²) < 4.78 is 0. The van der Waals surface area contributed by atoms with Crippen LogP contribution in [-0.4, -0.2) is 0 Å². The van der Waals surface area contributed by atoms with E-state index in [1.807, 2.05) is 0 Å². The van der Waals surface area contributed by atoms with Gasteiger partial charge in [0.1, 0.15) is 0 Å². The van der Waals surface area contributed by atoms with Gasteiger partial charge >= 0.3 is 0 Å². The Kier molecular flexibility index (Phi) is 7.98. The van der Waals surface area contributed by atoms with Crippen LogP contribution in [-0.2, 0) is 5.41 Å². The number of hydrogen-bond acceptors (Lipinski definition) is 0. The Morgan fingerprint density at radius 2 is 1.33 bits per heavy atom. The molecule has 0 saturated heterocycles. The van der Waals surface area contributed by atoms with Crippen molar-refractivity contribution < 1.29 is 0 Å². The fourth-order valence-corrected chi connectivity index (χ4v) is 2.17. The molecule has 0 fully saturated rings. The summed E-state index contributed by atoms with van der Waals surface area (Å²) in [6.07, 6.45) is 2.68. The summed E-state index contributed by atoms with van der Waals surface area (Å²) in [4.78, 5) is 0. The third kappa shape index (κ3) is 6.83. The highest BCUT2D eigenvalue weighted by Crippen LogP contribution is 2.20. The van der Waals surface area contributed by atoms with Crippen molar-refractivity contribution in [2.75, 3.05) is 0 Å². The lowest BCUT2D eigenvalue weighted by Crippen LogP contribution is -2.10. The van der Waals surface area contributed by atoms with Gasteiger partial charge in [0.05, 0.1) is 0 Å². The third-order valence-corrected chi connectivity index (χ3v) is 3.63. The first-order valence-corrected chi connectivity index (χ1v) is 7.38. The second kappa shape index (κ2) is 8.34. The van der Waals surface area contributed by atoms with Gasteiger partial charge in [0.25, 0.3) is 0 Å². The molecule has 0 saturated carbocycles. The highest BCUT2D eigenvalue weighted by Gasteiger charge is 2.11. The van der Waals surface area contributed by atoms with Crippen molar-refractivity contribution in [2.45, 2.75) is 66.7 Å². The molecule has 18 heavy (non-hydrogen) atoms. The SMILES string of the molecule is CC(C)(C)c1ccccc1.CCC(CC)C(C)C. The monoisotopic (exact) mass is 248 g/mol. The van der Waals surface area contributed by atoms with Gasteiger partial charge in [-0.1, -0.05) is 91.6 Å². The van der Waals surface area contributed by atoms with Gasteiger partial charge in [-0.05, 0) is 22.8 Å². The minimum atomic E-state index is 0.293. The average Bonchev–Trinajstić information content (AvgIpc) is 2.31. The van der Waals surface area contributed by atoms with E-state index in [0.29, 0.717) is 5.41 Å². The fourth-order valence-electron chi connectivity index (χ4n) is 2.17. The molecule has 0 spiro atoms. The van der Waals surface area contributed by atoms with E-state index in [1.54, 1.807) is 0 Å². The topological polar surface area (TPSA) is 0 Å². The zero-order valence-corrected chi connectivity index (χ0v) is 13.5. The molecular weight excluding hydrogens is 216 g/mol. The predicted molar refractivity (Wildman–Crippen MR) is 84.1 cm³/mol. The van der Waals surface area contributed by atoms with Crippen molar-refractivity contribution in [3.63, 3.8) is 0 Å². The van der Waals surface area contributed by atoms with E-state index in [4.69, 9.17) is 0 Å². The van der Waals surface area contributed by atoms with Crippen LogP contribution in [0, 0.1) is 11.8 Å². The second-order valence-corrected chi connectivity index (χ2v) is 6.44. The summed E-state index contributed by atoms with van der Waals surface area (Å²) in [7, 11) is 0. The molecule has 1 aromatic rings. The standard InChI is InChI=1S/C10H14.C8H18/c1-10(2,3)9-7-5-4-6-8-9;1-5-8(6-2)7(3)4/h4-8H,1-3H3;7-8H,5-6H2,1-4H3. The van der Waals surface area contributed by atoms with Gasteiger partial charge in [-0.15, -0.1) is 0 Å². The molecule has 0 heteroatoms. The van der Waals surface area contributed by atoms with Crippen molar-refractivity contribution in [1.82, 2.24) is 0 Å². The van der Waals surface area contributed by atoms with Crippen LogP contribution in [0.25, 0.3) is 0 Å². The molecule has 104 valence electrons. The molecule has 0 amide bonds. The van der Waals surface area contributed by atoms with Crippen LogP contribution in [0.3, 0.4) is 0 Å². The Bertz CT molecular complexity index is 286. The van der Waals surface area contributed by atoms with E-state index in [0.717, 1.165) is 11.8 Å². The van der Waals surface area contributed by atoms with Crippen molar-refractivity contribution in [2.24, 2.45) is 11.8 Å². The van der Waals surface area contributed by atoms with Gasteiger partial charge in [0.15, 0.2) is 0 Å². The van der Waals surface area contributed by atoms with Crippen LogP contribution in [0.5, 0.6) is 0 Å². The van der Waals surface area contributed by atoms with Crippen LogP contribution in [0.1, 0.15) is 66.9 Å². The van der Waals surface area contributed by atoms with Crippen LogP contribution >= 0.6 is 0 Å². The van der Waals surface area contributed by atoms with Gasteiger partial charge in [-0.2, -0.15) is 0 Å². The molecular formula is C18H32. The molecule has 0 atom stereocenters. The third-order valence-electron chi connectivity index (χ3n) is 3.63. The van der Waals surface area contributed by atoms with Crippen molar-refractivity contribution >= 4 is 0 Å². The van der Waals surface area contributed by atoms with Crippen LogP contribution in [0.2, 0.25) is 0 Å². The minimum absolute atomic E-state index is 0.293. The highest BCUT2D eigenvalue weighted by atomic mass is 14.2. The summed E-state index contributed by atoms with van der Waals surface area (Å²) in [5.74, 6) is 1.83. The maximum atomic E-state index is 2.30. The highest BCUT2D eigenvalue weighted by molar-refractivity contribution is 5.21. The lowest BCUT2D eigenvalue weighted by Gasteiger charge is -2.18. The first kappa shape index (κ1) is 17.2. The summed E-state index contributed by atoms with van der Waals surface area (Å²) in [5, 5.41) is 0. The molecule has 0 aliphatic heterocycles. The number of hydrogen-bond donors (Lipinski definition) is 0. The Hall–Kier alpha value is -0.780. The zero-order valence-electron chi connectivity index (χ0n) is 13.5. The molecule has 1 rings (SSSR count). The molecule has 0 heterocycles. The van der Waals surface area contributed by atoms with Crippen LogP contribution in [0.15, 0.2) is 30.3 Å². The summed E-state index contributed by atoms with van der Waals surface area (Å²) in [5.41, 5.74) is 1.69. The van der Waals surface area contributed by atoms with Crippen molar-refractivity contribution in [3.8, 4) is 0 Å². The summed E-state index contributed by atoms with van der Waals surface area (Å²) in [6, 6.07) is 10.6. The molecule has 0 radical (unpaired) electrons. The summed E-state index contributed by atoms with van der Waals surface area (Å²) in [6.45, 7) is 15.8. The van der Waals surface area contributed by atoms with E-state index >= 15 is 0 Å². The van der Waals surface area contributed by atoms with Gasteiger partial charge in [-0.3, -0.25) is 0 Å². The molecule has 0 aliphatic rings. The largest absolute Gasteiger partial charge is 0.0651 e. The molecule has 0 aromatic heterocycles. The minimum Gasteiger partial charge on any atom is -0.0651 e. The smallest absolute Gasteiger partial charge is 0.0132 e. The zero-order chi connectivity index (χ0) is 14.2. The van der Waals surface area contributed by atoms with Crippen molar-refractivity contribution in [3.05, 3.63) is 35.9 Å². The average molecular weight is 248 g/mol. The van der Waals surface area contributed by atoms with E-state index < -0.39 is 0 Å². The van der Waals surface area contributed by atoms with E-state index in [1.165, 1.54) is 18.4 Å². The van der Waals surface area contributed by atoms with Crippen LogP contribution < -0.4 is 0 Å². The maximum Gasteiger partial charge on any atom is -0.0132 e. The van der Waals surface area contributed by atoms with E-state index in [9.17, 15) is 0 Å². The molecule has 1 aromatic carbocycles. The fraction of sp³-hybridized carbons (Fsp3) is 0.667. The van der Waals surface area contributed by atoms with E-state index in [-0.39, 0.29) is 0 Å². The van der Waals surface area contributed by atoms with E-state index in [2.05, 4.69) is 78.8 Å². The Morgan fingerprint density at radius 3 is 1.50 bits per heavy atom. The molecule has 0 bridgehead atoms. The lowest BCUT2D eigenvalue weighted by molar-refractivity contribution is 0.362. The Morgan fingerprint density at radius 1 is 0.889 bits per heavy atom. The lowest BCUT2D eigenvalue weighted by atomic mass is 9.87. The quantitative estimate of drug-likeness (QED) is 0.609. The number of rotatable bonds is 3. The second-order valence-electron chi connectivity index (χ2n) is 6.44. The van der Waals surface area contributed by atoms with Crippen LogP contribution in [0.4, 0.5) is 0 Å². The Balaban J connectivity index is 0.000000331. The first-order chi connectivity index (χ1) is 8.32. The van der Waals surface area contributed by atoms with Crippen molar-refractivity contribution in [1.29, 1.82) is 0 Å². The molecule has 0 aliphatic carbocycles. The summed E-state index contributed by atoms with van der Waals surface area (Å²) >= 11 is 0. The van der Waals surface area contributed by atoms with Gasteiger partial charge in [-0.25, -0.2) is 0 Å². The molecule has 0 unspecified atom stereocenters. The Labute approximate surface area is 115 Å². The first-order valence-electron chi connectivity index (χ1n) is 7.38.